The third kappa shape index (κ3) is 25.0. The van der Waals surface area contributed by atoms with Crippen LogP contribution in [0.2, 0.25) is 0 Å². The van der Waals surface area contributed by atoms with Gasteiger partial charge in [-0.15, -0.1) is 0 Å². The third-order valence-corrected chi connectivity index (χ3v) is 25.0. The number of aliphatic hydroxyl groups is 29. The van der Waals surface area contributed by atoms with E-state index in [0.29, 0.717) is 0 Å². The Bertz CT molecular complexity index is 3780. The van der Waals surface area contributed by atoms with E-state index in [4.69, 9.17) is 105 Å². The molecule has 0 radical (unpaired) electrons. The van der Waals surface area contributed by atoms with Crippen LogP contribution < -0.4 is 32.3 Å². The van der Waals surface area contributed by atoms with Crippen LogP contribution in [0.25, 0.3) is 0 Å². The average molecular weight is 2010 g/mol. The maximum absolute atomic E-state index is 13.4. The summed E-state index contributed by atoms with van der Waals surface area (Å²) < 4.78 is 127. The lowest BCUT2D eigenvalue weighted by Gasteiger charge is -2.52. The molecule has 0 saturated carbocycles. The largest absolute Gasteiger partial charge is 0.394 e. The summed E-state index contributed by atoms with van der Waals surface area (Å²) in [5.41, 5.74) is 5.78. The molecule has 11 saturated heterocycles. The minimum absolute atomic E-state index is 0.526. The van der Waals surface area contributed by atoms with Gasteiger partial charge in [0.05, 0.1) is 66.1 Å². The average Bonchev–Trinajstić information content (AvgIpc) is 0.747. The van der Waals surface area contributed by atoms with Crippen molar-refractivity contribution in [3.05, 3.63) is 0 Å². The molecule has 5 amide bonds. The molecule has 55 atom stereocenters. The number of carbonyl (C=O) groups excluding carboxylic acids is 5. The molecule has 0 aromatic heterocycles. The zero-order valence-corrected chi connectivity index (χ0v) is 73.7. The molecule has 1 unspecified atom stereocenters. The second-order valence-corrected chi connectivity index (χ2v) is 34.6. The summed E-state index contributed by atoms with van der Waals surface area (Å²) in [6.07, 6.45) is -108. The van der Waals surface area contributed by atoms with Gasteiger partial charge in [-0.25, -0.2) is 0 Å². The van der Waals surface area contributed by atoms with E-state index in [0.717, 1.165) is 34.6 Å². The van der Waals surface area contributed by atoms with Crippen LogP contribution in [0.4, 0.5) is 0 Å². The van der Waals surface area contributed by atoms with Gasteiger partial charge in [0.1, 0.15) is 268 Å². The fraction of sp³-hybridized carbons (Fsp3) is 0.934. The third-order valence-electron chi connectivity index (χ3n) is 25.0. The summed E-state index contributed by atoms with van der Waals surface area (Å²) in [7, 11) is 0. The Morgan fingerprint density at radius 2 is 0.438 bits per heavy atom. The van der Waals surface area contributed by atoms with Crippen LogP contribution in [0.3, 0.4) is 0 Å². The van der Waals surface area contributed by atoms with E-state index in [1.54, 1.807) is 0 Å². The first-order valence-corrected chi connectivity index (χ1v) is 43.7. The van der Waals surface area contributed by atoms with Gasteiger partial charge in [-0.2, -0.15) is 0 Å². The molecule has 61 nitrogen and oxygen atoms in total. The molecular formula is C76H128N6O55. The lowest BCUT2D eigenvalue weighted by atomic mass is 9.93. The lowest BCUT2D eigenvalue weighted by Crippen LogP contribution is -2.71. The van der Waals surface area contributed by atoms with Crippen LogP contribution in [0.5, 0.6) is 0 Å². The summed E-state index contributed by atoms with van der Waals surface area (Å²) >= 11 is 0. The van der Waals surface area contributed by atoms with Gasteiger partial charge in [0.2, 0.25) is 29.5 Å². The number of ether oxygens (including phenoxy) is 21. The van der Waals surface area contributed by atoms with Crippen LogP contribution >= 0.6 is 0 Å². The number of nitrogens with one attached hydrogen (secondary N) is 5. The first kappa shape index (κ1) is 113. The van der Waals surface area contributed by atoms with Crippen LogP contribution in [0.1, 0.15) is 34.6 Å². The highest BCUT2D eigenvalue weighted by Crippen LogP contribution is 2.42. The minimum Gasteiger partial charge on any atom is -0.394 e. The molecule has 0 bridgehead atoms. The highest BCUT2D eigenvalue weighted by atomic mass is 16.8. The van der Waals surface area contributed by atoms with Crippen molar-refractivity contribution in [1.82, 2.24) is 26.6 Å². The highest BCUT2D eigenvalue weighted by molar-refractivity contribution is 5.75. The summed E-state index contributed by atoms with van der Waals surface area (Å²) in [4.78, 5) is 65.2. The van der Waals surface area contributed by atoms with Gasteiger partial charge in [0, 0.05) is 41.2 Å². The van der Waals surface area contributed by atoms with Gasteiger partial charge in [-0.3, -0.25) is 24.0 Å². The van der Waals surface area contributed by atoms with Crippen LogP contribution in [0.15, 0.2) is 0 Å². The van der Waals surface area contributed by atoms with Gasteiger partial charge in [0.15, 0.2) is 69.2 Å². The Morgan fingerprint density at radius 1 is 0.212 bits per heavy atom. The highest BCUT2D eigenvalue weighted by Gasteiger charge is 2.63. The molecule has 11 heterocycles. The molecule has 792 valence electrons. The quantitative estimate of drug-likeness (QED) is 0.0277. The molecule has 61 heteroatoms. The molecule has 0 aromatic rings. The van der Waals surface area contributed by atoms with Crippen molar-refractivity contribution in [2.75, 3.05) is 72.6 Å². The van der Waals surface area contributed by atoms with Crippen LogP contribution in [0, 0.1) is 0 Å². The topological polar surface area (TPSA) is 952 Å². The van der Waals surface area contributed by atoms with E-state index in [9.17, 15) is 172 Å². The van der Waals surface area contributed by atoms with Crippen molar-refractivity contribution in [2.24, 2.45) is 5.73 Å². The standard InChI is InChI=1S/C76H128N6O55/c1-17(92)78-33-43(102)57(26(10-86)118-66(33)116)129-67-34(79-18(2)93)45(104)61(30(14-90)123-67)134-74-56(115)63(42(101)32(128-74)16-117-75-64(51(110)41(100)25(9-85)122-75)136-69-36(81-20(4)95)46(105)60(29(13-89)125-69)133-73-54(113)50(109)40(99)24(8-84)121-73)135-76-65(137-70-37(82-21(5)96)47(106)58(28(12-88)126-70)131-71-52(111)48(107)38(97)22(6-77)119-71)55(114)62(31(15-91)127-76)130-68-35(80-19(3)94)44(103)59(27(11-87)124-68)132-72-53(112)49(108)39(98)23(7-83)120-72/h22-76,83-91,97-116H,6-16,77H2,1-5H3,(H,78,92)(H,79,93)(H,80,94)(H,81,95)(H,82,96)/t22-,23-,24-,25-,26-,27-,28-,29-,30-,31-,32-,33-,34-,35-,36-,37-,38+,39+,40+,41-,42-,43-,44-,45-,46-,47-,48+,49+,50+,51+,52-,53-,54-,55+,56+,57-,58-,59-,60-,61-,62-,63+,64+,65+,66?,67+,68+,69+,70+,71+,72+,73+,74+,75+,76-/m1/s1. The van der Waals surface area contributed by atoms with Crippen molar-refractivity contribution >= 4 is 29.5 Å². The SMILES string of the molecule is CC(=O)N[C@H]1[C@H](O[C@H]2[C@H](O)[C@@H](NC(C)=O)C(O)O[C@@H]2CO)O[C@H](CO)[C@@H](O[C@@H]2O[C@H](CO[C@H]3O[C@H](CO)[C@@H](O)[C@H](O)[C@@H]3O[C@@H]3O[C@H](CO)[C@@H](O[C@@H]4O[C@H](CO)[C@H](O)[C@H](O)[C@H]4O)[C@H](O)[C@H]3NC(C)=O)[C@@H](O)[C@H](O[C@H]3O[C@H](CO)[C@@H](O[C@@H]4O[C@H](CO)[C@@H](O[C@@H]5O[C@H](CO)[C@H](O)[C@H](O)[C@H]5O)[C@H](O)[C@H]4NC(C)=O)[C@H](O)[C@@H]3O[C@@H]3O[C@H](CO)[C@@H](O[C@@H]4O[C@H](CN)[C@H](O)[C@H](O)[C@H]4O)[C@H](O)[C@H]3NC(C)=O)[C@@H]2O)[C@@H]1O. The second-order valence-electron chi connectivity index (χ2n) is 34.6. The summed E-state index contributed by atoms with van der Waals surface area (Å²) in [6, 6.07) is -9.87. The first-order valence-electron chi connectivity index (χ1n) is 43.7. The van der Waals surface area contributed by atoms with E-state index in [-0.39, 0.29) is 0 Å². The number of hydrogen-bond donors (Lipinski definition) is 35. The first-order chi connectivity index (χ1) is 64.9. The Morgan fingerprint density at radius 3 is 0.759 bits per heavy atom. The van der Waals surface area contributed by atoms with E-state index >= 15 is 0 Å². The summed E-state index contributed by atoms with van der Waals surface area (Å²) in [5.74, 6) is -4.87. The molecule has 0 spiro atoms. The fourth-order valence-corrected chi connectivity index (χ4v) is 17.9. The number of aliphatic hydroxyl groups excluding tert-OH is 29. The molecule has 11 fully saturated rings. The Hall–Kier alpha value is -4.69. The number of hydrogen-bond acceptors (Lipinski definition) is 56. The van der Waals surface area contributed by atoms with Gasteiger partial charge in [-0.1, -0.05) is 0 Å². The molecule has 137 heavy (non-hydrogen) atoms. The molecular weight excluding hydrogens is 1880 g/mol. The minimum atomic E-state index is -2.75. The maximum Gasteiger partial charge on any atom is 0.217 e. The van der Waals surface area contributed by atoms with Crippen molar-refractivity contribution in [1.29, 1.82) is 0 Å². The maximum atomic E-state index is 13.4. The Labute approximate surface area is 775 Å². The summed E-state index contributed by atoms with van der Waals surface area (Å²) in [5, 5.41) is 340. The Balaban J connectivity index is 0.983. The van der Waals surface area contributed by atoms with Gasteiger partial charge in [-0.05, 0) is 0 Å². The van der Waals surface area contributed by atoms with Gasteiger partial charge >= 0.3 is 0 Å². The molecule has 36 N–H and O–H groups in total. The number of nitrogens with two attached hydrogens (primary N) is 1. The second kappa shape index (κ2) is 49.5. The predicted octanol–water partition coefficient (Wildman–Crippen LogP) is -24.3. The van der Waals surface area contributed by atoms with Crippen molar-refractivity contribution in [2.45, 2.75) is 372 Å². The summed E-state index contributed by atoms with van der Waals surface area (Å²) in [6.45, 7) is -7.79. The number of rotatable bonds is 36. The molecule has 11 aliphatic heterocycles. The normalized spacial score (nSPS) is 48.9. The number of amides is 5. The predicted molar refractivity (Wildman–Crippen MR) is 422 cm³/mol. The number of carbonyl (C=O) groups is 5. The van der Waals surface area contributed by atoms with E-state index in [2.05, 4.69) is 26.6 Å². The molecule has 0 aromatic carbocycles. The monoisotopic (exact) mass is 2000 g/mol. The van der Waals surface area contributed by atoms with Gasteiger partial charge in [0.25, 0.3) is 0 Å². The van der Waals surface area contributed by atoms with Crippen molar-refractivity contribution in [3.8, 4) is 0 Å². The zero-order valence-electron chi connectivity index (χ0n) is 73.7. The Kier molecular flexibility index (Phi) is 40.7. The van der Waals surface area contributed by atoms with Crippen molar-refractivity contribution in [3.63, 3.8) is 0 Å². The molecule has 11 rings (SSSR count). The van der Waals surface area contributed by atoms with Crippen molar-refractivity contribution < 1.29 is 272 Å². The van der Waals surface area contributed by atoms with E-state index in [1.165, 1.54) is 0 Å². The molecule has 11 aliphatic rings. The van der Waals surface area contributed by atoms with Gasteiger partial charge < -0.3 is 280 Å². The molecule has 0 aliphatic carbocycles. The smallest absolute Gasteiger partial charge is 0.217 e. The van der Waals surface area contributed by atoms with Crippen LogP contribution in [-0.4, -0.2) is 588 Å². The fourth-order valence-electron chi connectivity index (χ4n) is 17.9. The lowest BCUT2D eigenvalue weighted by molar-refractivity contribution is -0.406. The van der Waals surface area contributed by atoms with E-state index in [1.807, 2.05) is 0 Å². The van der Waals surface area contributed by atoms with E-state index < -0.39 is 440 Å². The zero-order chi connectivity index (χ0) is 101. The van der Waals surface area contributed by atoms with Crippen LogP contribution in [-0.2, 0) is 123 Å².